The molecule has 5 heteroatoms. The molecule has 4 aliphatic rings. The van der Waals surface area contributed by atoms with Crippen molar-refractivity contribution >= 4 is 17.8 Å². The molecule has 0 radical (unpaired) electrons. The maximum atomic E-state index is 13.9. The second-order valence-corrected chi connectivity index (χ2v) is 9.94. The normalized spacial score (nSPS) is 26.2. The SMILES string of the molecule is CC(C)C[C@H](C(=O)OC(C)C)N1C(=O)[C@@H]2C3c4ccccc4C(c4ccccc43)[C@H]2C1=O. The number of rotatable bonds is 5. The number of imide groups is 1. The van der Waals surface area contributed by atoms with Crippen molar-refractivity contribution in [1.82, 2.24) is 4.90 Å². The number of amides is 2. The minimum absolute atomic E-state index is 0.133. The Balaban J connectivity index is 1.62. The van der Waals surface area contributed by atoms with E-state index >= 15 is 0 Å². The fourth-order valence-electron chi connectivity index (χ4n) is 6.07. The van der Waals surface area contributed by atoms with Crippen molar-refractivity contribution in [3.05, 3.63) is 70.8 Å². The first kappa shape index (κ1) is 20.9. The third kappa shape index (κ3) is 2.94. The highest BCUT2D eigenvalue weighted by Gasteiger charge is 2.63. The monoisotopic (exact) mass is 431 g/mol. The van der Waals surface area contributed by atoms with Gasteiger partial charge in [-0.25, -0.2) is 4.79 Å². The van der Waals surface area contributed by atoms with E-state index in [2.05, 4.69) is 24.3 Å². The van der Waals surface area contributed by atoms with E-state index in [9.17, 15) is 14.4 Å². The summed E-state index contributed by atoms with van der Waals surface area (Å²) in [5, 5.41) is 0. The molecule has 2 aromatic carbocycles. The number of hydrogen-bond acceptors (Lipinski definition) is 4. The molecule has 0 spiro atoms. The first-order valence-corrected chi connectivity index (χ1v) is 11.6. The van der Waals surface area contributed by atoms with E-state index in [1.807, 2.05) is 38.1 Å². The summed E-state index contributed by atoms with van der Waals surface area (Å²) in [5.74, 6) is -2.10. The smallest absolute Gasteiger partial charge is 0.329 e. The fraction of sp³-hybridized carbons (Fsp3) is 0.444. The number of nitrogens with zero attached hydrogens (tertiary/aromatic N) is 1. The Morgan fingerprint density at radius 3 is 1.56 bits per heavy atom. The first-order chi connectivity index (χ1) is 15.3. The summed E-state index contributed by atoms with van der Waals surface area (Å²) in [7, 11) is 0. The lowest BCUT2D eigenvalue weighted by Gasteiger charge is -2.45. The second kappa shape index (κ2) is 7.58. The van der Waals surface area contributed by atoms with Crippen LogP contribution in [0.5, 0.6) is 0 Å². The van der Waals surface area contributed by atoms with Crippen molar-refractivity contribution in [3.63, 3.8) is 0 Å². The number of benzene rings is 2. The van der Waals surface area contributed by atoms with E-state index < -0.39 is 23.8 Å². The number of esters is 1. The van der Waals surface area contributed by atoms with Crippen LogP contribution in [0.25, 0.3) is 0 Å². The highest BCUT2D eigenvalue weighted by Crippen LogP contribution is 2.61. The van der Waals surface area contributed by atoms with Crippen molar-refractivity contribution in [2.24, 2.45) is 17.8 Å². The molecule has 2 aromatic rings. The fourth-order valence-corrected chi connectivity index (χ4v) is 6.07. The van der Waals surface area contributed by atoms with Crippen molar-refractivity contribution in [3.8, 4) is 0 Å². The van der Waals surface area contributed by atoms with Crippen molar-refractivity contribution in [1.29, 1.82) is 0 Å². The van der Waals surface area contributed by atoms with Gasteiger partial charge in [0, 0.05) is 11.8 Å². The van der Waals surface area contributed by atoms with Crippen LogP contribution in [0.2, 0.25) is 0 Å². The molecule has 2 bridgehead atoms. The molecule has 1 aliphatic heterocycles. The summed E-state index contributed by atoms with van der Waals surface area (Å²) in [6.07, 6.45) is 0.0921. The summed E-state index contributed by atoms with van der Waals surface area (Å²) >= 11 is 0. The van der Waals surface area contributed by atoms with Crippen LogP contribution in [-0.2, 0) is 19.1 Å². The molecule has 2 amide bonds. The van der Waals surface area contributed by atoms with Crippen LogP contribution in [0.4, 0.5) is 0 Å². The molecule has 0 N–H and O–H groups in total. The minimum atomic E-state index is -0.881. The van der Waals surface area contributed by atoms with Crippen LogP contribution < -0.4 is 0 Å². The van der Waals surface area contributed by atoms with Gasteiger partial charge in [-0.2, -0.15) is 0 Å². The number of carbonyl (C=O) groups excluding carboxylic acids is 3. The van der Waals surface area contributed by atoms with Gasteiger partial charge in [0.2, 0.25) is 11.8 Å². The largest absolute Gasteiger partial charge is 0.461 e. The van der Waals surface area contributed by atoms with Crippen molar-refractivity contribution < 1.29 is 19.1 Å². The van der Waals surface area contributed by atoms with E-state index in [0.29, 0.717) is 6.42 Å². The van der Waals surface area contributed by atoms with Gasteiger partial charge in [-0.15, -0.1) is 0 Å². The van der Waals surface area contributed by atoms with Gasteiger partial charge in [0.1, 0.15) is 6.04 Å². The predicted molar refractivity (Wildman–Crippen MR) is 120 cm³/mol. The van der Waals surface area contributed by atoms with Crippen molar-refractivity contribution in [2.45, 2.75) is 58.1 Å². The second-order valence-electron chi connectivity index (χ2n) is 9.94. The van der Waals surface area contributed by atoms with Gasteiger partial charge >= 0.3 is 5.97 Å². The zero-order valence-electron chi connectivity index (χ0n) is 18.9. The number of likely N-dealkylation sites (tertiary alicyclic amines) is 1. The summed E-state index contributed by atoms with van der Waals surface area (Å²) in [4.78, 5) is 42.0. The molecule has 1 saturated heterocycles. The number of carbonyl (C=O) groups is 3. The molecule has 5 nitrogen and oxygen atoms in total. The zero-order chi connectivity index (χ0) is 22.7. The Bertz CT molecular complexity index is 989. The molecule has 0 saturated carbocycles. The predicted octanol–water partition coefficient (Wildman–Crippen LogP) is 4.24. The van der Waals surface area contributed by atoms with E-state index in [1.54, 1.807) is 13.8 Å². The molecule has 0 unspecified atom stereocenters. The number of ether oxygens (including phenoxy) is 1. The highest BCUT2D eigenvalue weighted by molar-refractivity contribution is 6.10. The molecule has 3 aliphatic carbocycles. The summed E-state index contributed by atoms with van der Waals surface area (Å²) in [6, 6.07) is 15.4. The van der Waals surface area contributed by atoms with Crippen LogP contribution >= 0.6 is 0 Å². The summed E-state index contributed by atoms with van der Waals surface area (Å²) in [5.41, 5.74) is 4.52. The molecule has 1 heterocycles. The van der Waals surface area contributed by atoms with Gasteiger partial charge in [-0.05, 0) is 48.4 Å². The molecule has 166 valence electrons. The quantitative estimate of drug-likeness (QED) is 0.525. The Hall–Kier alpha value is -2.95. The van der Waals surface area contributed by atoms with E-state index in [4.69, 9.17) is 4.74 Å². The van der Waals surface area contributed by atoms with Gasteiger partial charge in [-0.3, -0.25) is 14.5 Å². The maximum Gasteiger partial charge on any atom is 0.329 e. The molecule has 3 atom stereocenters. The Morgan fingerprint density at radius 1 is 0.812 bits per heavy atom. The third-order valence-electron chi connectivity index (χ3n) is 7.11. The van der Waals surface area contributed by atoms with Gasteiger partial charge < -0.3 is 4.74 Å². The Morgan fingerprint density at radius 2 is 1.22 bits per heavy atom. The van der Waals surface area contributed by atoms with Gasteiger partial charge in [-0.1, -0.05) is 62.4 Å². The average molecular weight is 432 g/mol. The lowest BCUT2D eigenvalue weighted by molar-refractivity contribution is -0.162. The Kier molecular flexibility index (Phi) is 4.95. The Labute approximate surface area is 188 Å². The van der Waals surface area contributed by atoms with Crippen LogP contribution in [0.1, 0.15) is 68.2 Å². The van der Waals surface area contributed by atoms with E-state index in [1.165, 1.54) is 4.90 Å². The van der Waals surface area contributed by atoms with Gasteiger partial charge in [0.25, 0.3) is 0 Å². The average Bonchev–Trinajstić information content (AvgIpc) is 3.02. The zero-order valence-corrected chi connectivity index (χ0v) is 18.9. The highest BCUT2D eigenvalue weighted by atomic mass is 16.5. The van der Waals surface area contributed by atoms with E-state index in [0.717, 1.165) is 22.3 Å². The summed E-state index contributed by atoms with van der Waals surface area (Å²) in [6.45, 7) is 7.54. The van der Waals surface area contributed by atoms with Gasteiger partial charge in [0.05, 0.1) is 17.9 Å². The molecule has 32 heavy (non-hydrogen) atoms. The van der Waals surface area contributed by atoms with Crippen LogP contribution in [0, 0.1) is 17.8 Å². The molecular weight excluding hydrogens is 402 g/mol. The van der Waals surface area contributed by atoms with Crippen LogP contribution in [0.15, 0.2) is 48.5 Å². The summed E-state index contributed by atoms with van der Waals surface area (Å²) < 4.78 is 5.48. The lowest BCUT2D eigenvalue weighted by Crippen LogP contribution is -2.47. The molecular formula is C27H29NO4. The van der Waals surface area contributed by atoms with Crippen LogP contribution in [0.3, 0.4) is 0 Å². The maximum absolute atomic E-state index is 13.9. The van der Waals surface area contributed by atoms with Gasteiger partial charge in [0.15, 0.2) is 0 Å². The molecule has 1 fully saturated rings. The van der Waals surface area contributed by atoms with Crippen LogP contribution in [-0.4, -0.2) is 34.8 Å². The third-order valence-corrected chi connectivity index (χ3v) is 7.11. The number of hydrogen-bond donors (Lipinski definition) is 0. The standard InChI is InChI=1S/C27H29NO4/c1-14(2)13-20(27(31)32-15(3)4)28-25(29)23-21-16-9-5-6-10-17(16)22(24(23)26(28)30)19-12-8-7-11-18(19)21/h5-12,14-15,20-24H,13H2,1-4H3/t20-,21?,22?,23-,24-/m1/s1. The van der Waals surface area contributed by atoms with Crippen molar-refractivity contribution in [2.75, 3.05) is 0 Å². The first-order valence-electron chi connectivity index (χ1n) is 11.6. The molecule has 6 rings (SSSR count). The topological polar surface area (TPSA) is 63.7 Å². The lowest BCUT2D eigenvalue weighted by atomic mass is 9.55. The van der Waals surface area contributed by atoms with E-state index in [-0.39, 0.29) is 35.7 Å². The molecule has 0 aromatic heterocycles. The minimum Gasteiger partial charge on any atom is -0.461 e.